The van der Waals surface area contributed by atoms with Crippen LogP contribution in [0.5, 0.6) is 11.5 Å². The lowest BCUT2D eigenvalue weighted by atomic mass is 9.91. The zero-order valence-electron chi connectivity index (χ0n) is 30.8. The molecule has 0 saturated carbocycles. The molecule has 7 rings (SSSR count). The molecule has 1 unspecified atom stereocenters. The first-order valence-corrected chi connectivity index (χ1v) is 18.5. The number of carbonyl (C=O) groups is 1. The van der Waals surface area contributed by atoms with Crippen molar-refractivity contribution in [3.63, 3.8) is 0 Å². The molecule has 0 aliphatic carbocycles. The minimum atomic E-state index is -1.75. The first-order chi connectivity index (χ1) is 26.5. The summed E-state index contributed by atoms with van der Waals surface area (Å²) in [5.41, 5.74) is 1.30. The maximum atomic E-state index is 15.0. The summed E-state index contributed by atoms with van der Waals surface area (Å²) < 4.78 is 41.5. The van der Waals surface area contributed by atoms with Crippen LogP contribution in [0.15, 0.2) is 71.8 Å². The van der Waals surface area contributed by atoms with Gasteiger partial charge in [-0.1, -0.05) is 49.3 Å². The van der Waals surface area contributed by atoms with Crippen LogP contribution in [0.1, 0.15) is 59.8 Å². The van der Waals surface area contributed by atoms with Crippen molar-refractivity contribution in [2.45, 2.75) is 57.3 Å². The number of nitrogens with one attached hydrogen (secondary N) is 1. The van der Waals surface area contributed by atoms with Gasteiger partial charge >= 0.3 is 0 Å². The third-order valence-electron chi connectivity index (χ3n) is 10.4. The maximum Gasteiger partial charge on any atom is 0.274 e. The van der Waals surface area contributed by atoms with Crippen LogP contribution in [0, 0.1) is 11.6 Å². The van der Waals surface area contributed by atoms with Gasteiger partial charge in [0.2, 0.25) is 0 Å². The molecule has 15 heteroatoms. The Kier molecular flexibility index (Phi) is 11.2. The Morgan fingerprint density at radius 1 is 0.964 bits per heavy atom. The largest absolute Gasteiger partial charge is 0.508 e. The van der Waals surface area contributed by atoms with E-state index in [9.17, 15) is 24.5 Å². The van der Waals surface area contributed by atoms with Gasteiger partial charge in [-0.2, -0.15) is 5.10 Å². The molecule has 0 radical (unpaired) electrons. The van der Waals surface area contributed by atoms with Gasteiger partial charge in [-0.3, -0.25) is 14.6 Å². The number of hydrogen-bond donors (Lipinski definition) is 4. The molecule has 1 amide bonds. The van der Waals surface area contributed by atoms with Gasteiger partial charge in [-0.25, -0.2) is 18.4 Å². The fourth-order valence-corrected chi connectivity index (χ4v) is 7.46. The second-order valence-corrected chi connectivity index (χ2v) is 14.7. The Labute approximate surface area is 317 Å². The number of aromatic hydroxyl groups is 2. The SMILES string of the molecule is CC(C)c1cc(-c2onc(C(=O)NC3CCN(CC(O)(Cn4cncn4)c4ccc(F)cc4F)CC3)c2-c2ccc(CN3CCOCC3)cc2)c(O)cc1O. The number of phenolic OH excluding ortho intramolecular Hbond substituents is 2. The van der Waals surface area contributed by atoms with Crippen molar-refractivity contribution in [2.75, 3.05) is 45.9 Å². The predicted octanol–water partition coefficient (Wildman–Crippen LogP) is 5.03. The van der Waals surface area contributed by atoms with Gasteiger partial charge < -0.3 is 29.9 Å². The number of hydrogen-bond acceptors (Lipinski definition) is 11. The molecule has 2 aliphatic heterocycles. The first-order valence-electron chi connectivity index (χ1n) is 18.5. The third-order valence-corrected chi connectivity index (χ3v) is 10.4. The Balaban J connectivity index is 1.11. The van der Waals surface area contributed by atoms with E-state index in [1.54, 1.807) is 6.07 Å². The van der Waals surface area contributed by atoms with Crippen LogP contribution in [0.25, 0.3) is 22.5 Å². The number of piperidine rings is 1. The molecule has 0 spiro atoms. The average Bonchev–Trinajstić information content (AvgIpc) is 3.83. The van der Waals surface area contributed by atoms with Gasteiger partial charge in [-0.05, 0) is 47.6 Å². The van der Waals surface area contributed by atoms with Crippen molar-refractivity contribution in [3.8, 4) is 33.9 Å². The van der Waals surface area contributed by atoms with Crippen molar-refractivity contribution in [3.05, 3.63) is 101 Å². The van der Waals surface area contributed by atoms with Crippen molar-refractivity contribution in [1.29, 1.82) is 0 Å². The quantitative estimate of drug-likeness (QED) is 0.135. The summed E-state index contributed by atoms with van der Waals surface area (Å²) in [4.78, 5) is 22.3. The number of halogens is 2. The van der Waals surface area contributed by atoms with Crippen LogP contribution in [-0.2, 0) is 23.4 Å². The van der Waals surface area contributed by atoms with E-state index in [2.05, 4.69) is 25.5 Å². The molecule has 2 aromatic heterocycles. The Bertz CT molecular complexity index is 2100. The van der Waals surface area contributed by atoms with Crippen LogP contribution < -0.4 is 5.32 Å². The Hall–Kier alpha value is -5.22. The number of aromatic nitrogens is 4. The number of aliphatic hydroxyl groups is 1. The zero-order valence-corrected chi connectivity index (χ0v) is 30.8. The van der Waals surface area contributed by atoms with E-state index in [-0.39, 0.29) is 53.6 Å². The number of ether oxygens (including phenoxy) is 1. The van der Waals surface area contributed by atoms with E-state index in [0.717, 1.165) is 37.3 Å². The predicted molar refractivity (Wildman–Crippen MR) is 198 cm³/mol. The van der Waals surface area contributed by atoms with E-state index in [4.69, 9.17) is 9.26 Å². The maximum absolute atomic E-state index is 15.0. The van der Waals surface area contributed by atoms with E-state index in [1.165, 1.54) is 29.5 Å². The number of benzene rings is 3. The van der Waals surface area contributed by atoms with Crippen molar-refractivity contribution in [1.82, 2.24) is 35.0 Å². The van der Waals surface area contributed by atoms with Crippen molar-refractivity contribution >= 4 is 5.91 Å². The monoisotopic (exact) mass is 757 g/mol. The highest BCUT2D eigenvalue weighted by Gasteiger charge is 2.37. The third kappa shape index (κ3) is 8.54. The van der Waals surface area contributed by atoms with E-state index in [0.29, 0.717) is 61.4 Å². The molecule has 0 bridgehead atoms. The topological polar surface area (TPSA) is 162 Å². The summed E-state index contributed by atoms with van der Waals surface area (Å²) in [6.45, 7) is 8.52. The number of carbonyl (C=O) groups excluding carboxylic acids is 1. The lowest BCUT2D eigenvalue weighted by Gasteiger charge is -2.38. The Morgan fingerprint density at radius 2 is 1.71 bits per heavy atom. The van der Waals surface area contributed by atoms with Crippen LogP contribution >= 0.6 is 0 Å². The average molecular weight is 758 g/mol. The van der Waals surface area contributed by atoms with Gasteiger partial charge in [0.05, 0.1) is 30.9 Å². The normalized spacial score (nSPS) is 17.1. The first kappa shape index (κ1) is 38.1. The molecule has 2 fully saturated rings. The number of rotatable bonds is 12. The standard InChI is InChI=1S/C40H45F2N7O6/c1-25(2)30-18-31(35(51)19-34(30)50)38-36(27-5-3-26(4-6-27)20-47-13-15-54-16-14-47)37(46-55-38)39(52)45-29-9-11-48(12-10-29)21-40(53,22-49-24-43-23-44-49)32-8-7-28(41)17-33(32)42/h3-8,17-19,23-25,29,50-51,53H,9-16,20-22H2,1-2H3,(H,45,52). The summed E-state index contributed by atoms with van der Waals surface area (Å²) in [6, 6.07) is 13.6. The minimum absolute atomic E-state index is 0.0306. The summed E-state index contributed by atoms with van der Waals surface area (Å²) in [5, 5.41) is 44.8. The fraction of sp³-hybridized carbons (Fsp3) is 0.400. The van der Waals surface area contributed by atoms with Crippen molar-refractivity contribution < 1.29 is 38.2 Å². The van der Waals surface area contributed by atoms with E-state index in [1.807, 2.05) is 43.0 Å². The fourth-order valence-electron chi connectivity index (χ4n) is 7.46. The minimum Gasteiger partial charge on any atom is -0.508 e. The molecular weight excluding hydrogens is 712 g/mol. The number of likely N-dealkylation sites (tertiary alicyclic amines) is 1. The molecule has 55 heavy (non-hydrogen) atoms. The van der Waals surface area contributed by atoms with Crippen LogP contribution in [0.2, 0.25) is 0 Å². The molecular formula is C40H45F2N7O6. The van der Waals surface area contributed by atoms with Gasteiger partial charge in [0.1, 0.15) is 41.4 Å². The summed E-state index contributed by atoms with van der Waals surface area (Å²) >= 11 is 0. The van der Waals surface area contributed by atoms with E-state index < -0.39 is 23.1 Å². The van der Waals surface area contributed by atoms with Gasteiger partial charge in [0.25, 0.3) is 5.91 Å². The molecule has 1 atom stereocenters. The highest BCUT2D eigenvalue weighted by Crippen LogP contribution is 2.43. The number of β-amino-alcohol motifs (C(OH)–C–C–N with tert-alkyl or cyclic N) is 1. The molecule has 13 nitrogen and oxygen atoms in total. The molecule has 290 valence electrons. The molecule has 4 N–H and O–H groups in total. The second kappa shape index (κ2) is 16.3. The summed E-state index contributed by atoms with van der Waals surface area (Å²) in [6.07, 6.45) is 3.77. The number of morpholine rings is 1. The van der Waals surface area contributed by atoms with Gasteiger partial charge in [0, 0.05) is 63.0 Å². The highest BCUT2D eigenvalue weighted by atomic mass is 19.1. The molecule has 3 aromatic carbocycles. The summed E-state index contributed by atoms with van der Waals surface area (Å²) in [5.74, 6) is -2.20. The van der Waals surface area contributed by atoms with Crippen LogP contribution in [0.4, 0.5) is 8.78 Å². The van der Waals surface area contributed by atoms with Gasteiger partial charge in [-0.15, -0.1) is 0 Å². The highest BCUT2D eigenvalue weighted by molar-refractivity contribution is 6.02. The van der Waals surface area contributed by atoms with Crippen LogP contribution in [-0.4, -0.2) is 103 Å². The number of phenols is 2. The number of nitrogens with zero attached hydrogens (tertiary/aromatic N) is 6. The second-order valence-electron chi connectivity index (χ2n) is 14.7. The lowest BCUT2D eigenvalue weighted by molar-refractivity contribution is -0.0271. The summed E-state index contributed by atoms with van der Waals surface area (Å²) in [7, 11) is 0. The van der Waals surface area contributed by atoms with Crippen molar-refractivity contribution in [2.24, 2.45) is 0 Å². The number of amides is 1. The lowest BCUT2D eigenvalue weighted by Crippen LogP contribution is -2.50. The van der Waals surface area contributed by atoms with E-state index >= 15 is 4.39 Å². The van der Waals surface area contributed by atoms with Crippen LogP contribution in [0.3, 0.4) is 0 Å². The molecule has 4 heterocycles. The zero-order chi connectivity index (χ0) is 38.7. The van der Waals surface area contributed by atoms with Gasteiger partial charge in [0.15, 0.2) is 11.5 Å². The molecule has 5 aromatic rings. The Morgan fingerprint density at radius 3 is 2.38 bits per heavy atom. The molecule has 2 aliphatic rings. The smallest absolute Gasteiger partial charge is 0.274 e. The molecule has 2 saturated heterocycles.